The zero-order chi connectivity index (χ0) is 17.3. The minimum atomic E-state index is -1.43. The van der Waals surface area contributed by atoms with Crippen molar-refractivity contribution in [2.24, 2.45) is 5.50 Å². The lowest BCUT2D eigenvalue weighted by Crippen LogP contribution is -2.17. The second-order valence-electron chi connectivity index (χ2n) is 4.05. The second-order valence-corrected chi connectivity index (χ2v) is 4.99. The summed E-state index contributed by atoms with van der Waals surface area (Å²) in [6.45, 7) is 6.39. The molecule has 6 N–H and O–H groups in total. The predicted molar refractivity (Wildman–Crippen MR) is 94.1 cm³/mol. The third-order valence-corrected chi connectivity index (χ3v) is 3.16. The summed E-state index contributed by atoms with van der Waals surface area (Å²) < 4.78 is 10.9. The van der Waals surface area contributed by atoms with Gasteiger partial charge < -0.3 is 14.4 Å². The van der Waals surface area contributed by atoms with E-state index in [1.165, 1.54) is 0 Å². The summed E-state index contributed by atoms with van der Waals surface area (Å²) in [7, 11) is -1.43. The third kappa shape index (κ3) is 11.2. The molecule has 23 heavy (non-hydrogen) atoms. The normalized spacial score (nSPS) is 9.04. The number of para-hydroxylation sites is 2. The summed E-state index contributed by atoms with van der Waals surface area (Å²) >= 11 is 0. The Morgan fingerprint density at radius 1 is 0.870 bits per heavy atom. The standard InChI is InChI=1S/C12H12NO2P.C4H11N.H2N2/c13-16(14-11-7-3-1-4-8-11)15-12-9-5-2-6-10-12;1-3-5-4-2;1-2/h1-10H,13H2;5H,3-4H2,1-2H3;1-2H/p+1. The monoisotopic (exact) mass is 337 g/mol. The highest BCUT2D eigenvalue weighted by Crippen LogP contribution is 2.32. The number of nitrogens with two attached hydrogens (primary N) is 2. The predicted octanol–water partition coefficient (Wildman–Crippen LogP) is 2.72. The van der Waals surface area contributed by atoms with Crippen molar-refractivity contribution in [1.82, 2.24) is 5.32 Å². The van der Waals surface area contributed by atoms with Gasteiger partial charge in [0.15, 0.2) is 0 Å². The summed E-state index contributed by atoms with van der Waals surface area (Å²) in [6, 6.07) is 18.8. The second kappa shape index (κ2) is 14.9. The average molecular weight is 337 g/mol. The summed E-state index contributed by atoms with van der Waals surface area (Å²) in [5, 5.41) is 3.11. The first-order chi connectivity index (χ1) is 11.3. The molecule has 0 amide bonds. The SMILES string of the molecule is CCNCC.N=[NH2+].NP(Oc1ccccc1)Oc1ccccc1. The number of hydrogen-bond donors (Lipinski definition) is 4. The number of nitrogens with one attached hydrogen (secondary N) is 2. The number of benzene rings is 2. The van der Waals surface area contributed by atoms with Gasteiger partial charge in [-0.05, 0) is 37.4 Å². The molecule has 0 aliphatic carbocycles. The minimum Gasteiger partial charge on any atom is -0.427 e. The molecule has 126 valence electrons. The molecule has 0 saturated heterocycles. The molecule has 0 atom stereocenters. The smallest absolute Gasteiger partial charge is 0.378 e. The van der Waals surface area contributed by atoms with Gasteiger partial charge in [0.1, 0.15) is 11.5 Å². The van der Waals surface area contributed by atoms with E-state index < -0.39 is 8.53 Å². The number of hydrogen-bond acceptors (Lipinski definition) is 5. The molecule has 2 rings (SSSR count). The fourth-order valence-corrected chi connectivity index (χ4v) is 2.14. The van der Waals surface area contributed by atoms with Crippen LogP contribution in [0.15, 0.2) is 60.7 Å². The molecule has 0 radical (unpaired) electrons. The Morgan fingerprint density at radius 2 is 1.22 bits per heavy atom. The fraction of sp³-hybridized carbons (Fsp3) is 0.250. The lowest BCUT2D eigenvalue weighted by atomic mass is 10.3. The van der Waals surface area contributed by atoms with E-state index in [0.717, 1.165) is 13.1 Å². The molecule has 0 spiro atoms. The van der Waals surface area contributed by atoms with Crippen molar-refractivity contribution < 1.29 is 14.6 Å². The first-order valence-corrected chi connectivity index (χ1v) is 8.51. The maximum Gasteiger partial charge on any atom is 0.378 e. The summed E-state index contributed by atoms with van der Waals surface area (Å²) in [4.78, 5) is 0. The average Bonchev–Trinajstić information content (AvgIpc) is 2.60. The molecule has 7 heteroatoms. The quantitative estimate of drug-likeness (QED) is 0.480. The van der Waals surface area contributed by atoms with Crippen LogP contribution in [0.2, 0.25) is 0 Å². The maximum absolute atomic E-state index is 5.76. The Bertz CT molecular complexity index is 444. The van der Waals surface area contributed by atoms with Gasteiger partial charge in [-0.25, -0.2) is 5.50 Å². The molecule has 0 aromatic heterocycles. The molecule has 2 aromatic rings. The molecule has 6 nitrogen and oxygen atoms in total. The van der Waals surface area contributed by atoms with Crippen molar-refractivity contribution in [2.45, 2.75) is 13.8 Å². The van der Waals surface area contributed by atoms with Gasteiger partial charge in [0.05, 0.1) is 0 Å². The topological polar surface area (TPSA) is 106 Å². The first kappa shape index (κ1) is 21.0. The highest BCUT2D eigenvalue weighted by atomic mass is 31.2. The Morgan fingerprint density at radius 3 is 1.48 bits per heavy atom. The van der Waals surface area contributed by atoms with Crippen molar-refractivity contribution in [1.29, 1.82) is 5.53 Å². The van der Waals surface area contributed by atoms with E-state index in [9.17, 15) is 0 Å². The van der Waals surface area contributed by atoms with Gasteiger partial charge in [-0.2, -0.15) is 5.53 Å². The Labute approximate surface area is 139 Å². The van der Waals surface area contributed by atoms with Crippen molar-refractivity contribution in [3.8, 4) is 11.5 Å². The van der Waals surface area contributed by atoms with Crippen LogP contribution in [0, 0.1) is 5.53 Å². The molecule has 0 fully saturated rings. The van der Waals surface area contributed by atoms with Crippen LogP contribution in [0.3, 0.4) is 0 Å². The van der Waals surface area contributed by atoms with Gasteiger partial charge in [-0.1, -0.05) is 55.8 Å². The minimum absolute atomic E-state index is 0.715. The van der Waals surface area contributed by atoms with Crippen LogP contribution in [0.5, 0.6) is 11.5 Å². The van der Waals surface area contributed by atoms with Gasteiger partial charge in [-0.15, -0.1) is 0 Å². The van der Waals surface area contributed by atoms with Gasteiger partial charge in [0.2, 0.25) is 0 Å². The van der Waals surface area contributed by atoms with Crippen LogP contribution in [0.25, 0.3) is 0 Å². The first-order valence-electron chi connectivity index (χ1n) is 7.26. The Hall–Kier alpha value is -2.01. The molecule has 0 heterocycles. The van der Waals surface area contributed by atoms with Crippen molar-refractivity contribution in [3.63, 3.8) is 0 Å². The summed E-state index contributed by atoms with van der Waals surface area (Å²) in [5.41, 5.74) is 14.8. The third-order valence-electron chi connectivity index (χ3n) is 2.38. The van der Waals surface area contributed by atoms with Crippen LogP contribution in [-0.2, 0) is 0 Å². The zero-order valence-corrected chi connectivity index (χ0v) is 14.5. The molecule has 0 aliphatic rings. The van der Waals surface area contributed by atoms with Crippen LogP contribution in [-0.4, -0.2) is 13.1 Å². The van der Waals surface area contributed by atoms with Crippen LogP contribution in [0.1, 0.15) is 13.8 Å². The van der Waals surface area contributed by atoms with E-state index in [0.29, 0.717) is 11.5 Å². The lowest BCUT2D eigenvalue weighted by molar-refractivity contribution is -0.249. The molecular formula is C16H26N4O2P+. The van der Waals surface area contributed by atoms with Gasteiger partial charge in [0.25, 0.3) is 0 Å². The van der Waals surface area contributed by atoms with Gasteiger partial charge in [0, 0.05) is 0 Å². The van der Waals surface area contributed by atoms with E-state index in [4.69, 9.17) is 20.1 Å². The van der Waals surface area contributed by atoms with E-state index in [-0.39, 0.29) is 0 Å². The van der Waals surface area contributed by atoms with Crippen LogP contribution >= 0.6 is 8.53 Å². The molecule has 0 saturated carbocycles. The van der Waals surface area contributed by atoms with Crippen molar-refractivity contribution in [2.75, 3.05) is 13.1 Å². The van der Waals surface area contributed by atoms with E-state index in [1.54, 1.807) is 0 Å². The highest BCUT2D eigenvalue weighted by molar-refractivity contribution is 7.45. The highest BCUT2D eigenvalue weighted by Gasteiger charge is 2.07. The Balaban J connectivity index is 0.000000594. The number of rotatable bonds is 6. The van der Waals surface area contributed by atoms with E-state index in [2.05, 4.69) is 24.7 Å². The molecular weight excluding hydrogens is 311 g/mol. The van der Waals surface area contributed by atoms with Crippen LogP contribution in [0.4, 0.5) is 0 Å². The maximum atomic E-state index is 5.76. The largest absolute Gasteiger partial charge is 0.427 e. The van der Waals surface area contributed by atoms with E-state index >= 15 is 0 Å². The molecule has 0 unspecified atom stereocenters. The lowest BCUT2D eigenvalue weighted by Gasteiger charge is -2.13. The molecule has 2 aromatic carbocycles. The fourth-order valence-electron chi connectivity index (χ4n) is 1.44. The summed E-state index contributed by atoms with van der Waals surface area (Å²) in [6.07, 6.45) is 0. The van der Waals surface area contributed by atoms with Gasteiger partial charge in [-0.3, -0.25) is 0 Å². The Kier molecular flexibility index (Phi) is 13.6. The van der Waals surface area contributed by atoms with E-state index in [1.807, 2.05) is 60.7 Å². The van der Waals surface area contributed by atoms with Crippen molar-refractivity contribution in [3.05, 3.63) is 60.7 Å². The molecule has 0 bridgehead atoms. The summed E-state index contributed by atoms with van der Waals surface area (Å²) in [5.74, 6) is 1.43. The van der Waals surface area contributed by atoms with Crippen LogP contribution < -0.4 is 25.4 Å². The van der Waals surface area contributed by atoms with Gasteiger partial charge >= 0.3 is 8.53 Å². The zero-order valence-electron chi connectivity index (χ0n) is 13.6. The van der Waals surface area contributed by atoms with Crippen molar-refractivity contribution >= 4 is 8.53 Å². The molecule has 0 aliphatic heterocycles.